The van der Waals surface area contributed by atoms with E-state index < -0.39 is 0 Å². The average molecular weight is 383 g/mol. The normalized spacial score (nSPS) is 22.8. The van der Waals surface area contributed by atoms with Gasteiger partial charge in [0.1, 0.15) is 12.4 Å². The van der Waals surface area contributed by atoms with E-state index in [1.807, 2.05) is 6.07 Å². The van der Waals surface area contributed by atoms with Gasteiger partial charge in [-0.15, -0.1) is 0 Å². The molecule has 0 unspecified atom stereocenters. The SMILES string of the molecule is COCc1ccc(C(=O)N2CCC[C@@H]3CN(CCc4ccccc4)CC[C@@H]32)o1. The molecule has 4 rings (SSSR count). The van der Waals surface area contributed by atoms with Crippen molar-refractivity contribution in [3.8, 4) is 0 Å². The van der Waals surface area contributed by atoms with Gasteiger partial charge in [-0.05, 0) is 49.3 Å². The van der Waals surface area contributed by atoms with Crippen molar-refractivity contribution in [2.45, 2.75) is 38.3 Å². The predicted molar refractivity (Wildman–Crippen MR) is 108 cm³/mol. The number of nitrogens with zero attached hydrogens (tertiary/aromatic N) is 2. The zero-order valence-corrected chi connectivity index (χ0v) is 16.7. The molecule has 1 amide bonds. The van der Waals surface area contributed by atoms with Crippen LogP contribution >= 0.6 is 0 Å². The standard InChI is InChI=1S/C23H30N2O3/c1-27-17-20-9-10-22(28-20)23(26)25-13-5-8-19-16-24(15-12-21(19)25)14-11-18-6-3-2-4-7-18/h2-4,6-7,9-10,19,21H,5,8,11-17H2,1H3/t19-,21+/m1/s1. The summed E-state index contributed by atoms with van der Waals surface area (Å²) in [7, 11) is 1.63. The Morgan fingerprint density at radius 1 is 1.14 bits per heavy atom. The lowest BCUT2D eigenvalue weighted by atomic mass is 9.83. The molecule has 2 fully saturated rings. The van der Waals surface area contributed by atoms with E-state index in [0.29, 0.717) is 30.1 Å². The summed E-state index contributed by atoms with van der Waals surface area (Å²) >= 11 is 0. The second kappa shape index (κ2) is 8.93. The van der Waals surface area contributed by atoms with Crippen molar-refractivity contribution in [3.63, 3.8) is 0 Å². The molecule has 2 aliphatic heterocycles. The molecule has 150 valence electrons. The predicted octanol–water partition coefficient (Wildman–Crippen LogP) is 3.60. The second-order valence-electron chi connectivity index (χ2n) is 7.99. The highest BCUT2D eigenvalue weighted by Gasteiger charge is 2.38. The van der Waals surface area contributed by atoms with Gasteiger partial charge in [0.25, 0.3) is 5.91 Å². The summed E-state index contributed by atoms with van der Waals surface area (Å²) in [5, 5.41) is 0. The third-order valence-corrected chi connectivity index (χ3v) is 6.13. The summed E-state index contributed by atoms with van der Waals surface area (Å²) in [4.78, 5) is 17.7. The number of furan rings is 1. The van der Waals surface area contributed by atoms with Gasteiger partial charge in [-0.1, -0.05) is 30.3 Å². The molecule has 3 heterocycles. The molecular weight excluding hydrogens is 352 g/mol. The lowest BCUT2D eigenvalue weighted by Crippen LogP contribution is -2.55. The zero-order valence-electron chi connectivity index (χ0n) is 16.7. The number of piperidine rings is 2. The number of carbonyl (C=O) groups excluding carboxylic acids is 1. The number of fused-ring (bicyclic) bond motifs is 1. The molecule has 0 saturated carbocycles. The summed E-state index contributed by atoms with van der Waals surface area (Å²) in [6.45, 7) is 4.49. The number of hydrogen-bond acceptors (Lipinski definition) is 4. The minimum atomic E-state index is 0.0368. The van der Waals surface area contributed by atoms with Crippen molar-refractivity contribution in [2.75, 3.05) is 33.3 Å². The molecule has 1 aromatic carbocycles. The number of hydrogen-bond donors (Lipinski definition) is 0. The van der Waals surface area contributed by atoms with E-state index in [4.69, 9.17) is 9.15 Å². The van der Waals surface area contributed by atoms with Crippen LogP contribution in [0.2, 0.25) is 0 Å². The molecule has 5 nitrogen and oxygen atoms in total. The fourth-order valence-corrected chi connectivity index (χ4v) is 4.72. The van der Waals surface area contributed by atoms with Gasteiger partial charge in [0.15, 0.2) is 5.76 Å². The Morgan fingerprint density at radius 2 is 2.00 bits per heavy atom. The Bertz CT molecular complexity index is 773. The van der Waals surface area contributed by atoms with Crippen LogP contribution in [0.25, 0.3) is 0 Å². The van der Waals surface area contributed by atoms with Gasteiger partial charge in [0.2, 0.25) is 0 Å². The minimum absolute atomic E-state index is 0.0368. The van der Waals surface area contributed by atoms with Crippen LogP contribution < -0.4 is 0 Å². The highest BCUT2D eigenvalue weighted by Crippen LogP contribution is 2.32. The average Bonchev–Trinajstić information content (AvgIpc) is 3.21. The van der Waals surface area contributed by atoms with Gasteiger partial charge in [-0.3, -0.25) is 4.79 Å². The topological polar surface area (TPSA) is 45.9 Å². The van der Waals surface area contributed by atoms with Crippen LogP contribution in [0, 0.1) is 5.92 Å². The smallest absolute Gasteiger partial charge is 0.289 e. The molecular formula is C23H30N2O3. The first-order chi connectivity index (χ1) is 13.7. The highest BCUT2D eigenvalue weighted by molar-refractivity contribution is 5.91. The van der Waals surface area contributed by atoms with Gasteiger partial charge in [-0.25, -0.2) is 0 Å². The Balaban J connectivity index is 1.36. The van der Waals surface area contributed by atoms with Crippen LogP contribution in [-0.2, 0) is 17.8 Å². The molecule has 2 aliphatic rings. The van der Waals surface area contributed by atoms with Crippen LogP contribution in [0.4, 0.5) is 0 Å². The first-order valence-corrected chi connectivity index (χ1v) is 10.4. The van der Waals surface area contributed by atoms with Crippen molar-refractivity contribution in [2.24, 2.45) is 5.92 Å². The molecule has 1 aromatic heterocycles. The van der Waals surface area contributed by atoms with E-state index in [1.54, 1.807) is 13.2 Å². The summed E-state index contributed by atoms with van der Waals surface area (Å²) in [5.41, 5.74) is 1.40. The number of rotatable bonds is 6. The molecule has 0 aliphatic carbocycles. The maximum atomic E-state index is 13.0. The molecule has 28 heavy (non-hydrogen) atoms. The number of likely N-dealkylation sites (tertiary alicyclic amines) is 2. The van der Waals surface area contributed by atoms with E-state index in [1.165, 1.54) is 12.0 Å². The van der Waals surface area contributed by atoms with E-state index >= 15 is 0 Å². The maximum absolute atomic E-state index is 13.0. The zero-order chi connectivity index (χ0) is 19.3. The first-order valence-electron chi connectivity index (χ1n) is 10.4. The summed E-state index contributed by atoms with van der Waals surface area (Å²) in [6.07, 6.45) is 4.43. The Morgan fingerprint density at radius 3 is 2.82 bits per heavy atom. The number of methoxy groups -OCH3 is 1. The van der Waals surface area contributed by atoms with Gasteiger partial charge in [0, 0.05) is 39.3 Å². The fraction of sp³-hybridized carbons (Fsp3) is 0.522. The van der Waals surface area contributed by atoms with Crippen LogP contribution in [0.15, 0.2) is 46.9 Å². The molecule has 5 heteroatoms. The van der Waals surface area contributed by atoms with Crippen molar-refractivity contribution in [1.82, 2.24) is 9.80 Å². The van der Waals surface area contributed by atoms with Crippen molar-refractivity contribution in [1.29, 1.82) is 0 Å². The van der Waals surface area contributed by atoms with E-state index in [2.05, 4.69) is 40.1 Å². The van der Waals surface area contributed by atoms with Crippen LogP contribution in [0.5, 0.6) is 0 Å². The lowest BCUT2D eigenvalue weighted by Gasteiger charge is -2.47. The Labute approximate surface area is 167 Å². The van der Waals surface area contributed by atoms with Gasteiger partial charge < -0.3 is 19.0 Å². The van der Waals surface area contributed by atoms with Crippen molar-refractivity contribution >= 4 is 5.91 Å². The number of ether oxygens (including phenoxy) is 1. The molecule has 0 radical (unpaired) electrons. The van der Waals surface area contributed by atoms with Crippen LogP contribution in [-0.4, -0.2) is 55.0 Å². The Hall–Kier alpha value is -2.11. The fourth-order valence-electron chi connectivity index (χ4n) is 4.72. The van der Waals surface area contributed by atoms with Gasteiger partial charge in [0.05, 0.1) is 0 Å². The monoisotopic (exact) mass is 382 g/mol. The van der Waals surface area contributed by atoms with E-state index in [0.717, 1.165) is 45.4 Å². The number of carbonyl (C=O) groups is 1. The molecule has 2 atom stereocenters. The van der Waals surface area contributed by atoms with Gasteiger partial charge in [-0.2, -0.15) is 0 Å². The molecule has 2 saturated heterocycles. The summed E-state index contributed by atoms with van der Waals surface area (Å²) in [5.74, 6) is 1.75. The van der Waals surface area contributed by atoms with E-state index in [-0.39, 0.29) is 5.91 Å². The van der Waals surface area contributed by atoms with Crippen molar-refractivity contribution in [3.05, 3.63) is 59.5 Å². The number of benzene rings is 1. The Kier molecular flexibility index (Phi) is 6.13. The maximum Gasteiger partial charge on any atom is 0.289 e. The van der Waals surface area contributed by atoms with Crippen LogP contribution in [0.1, 0.15) is 41.1 Å². The van der Waals surface area contributed by atoms with Gasteiger partial charge >= 0.3 is 0 Å². The molecule has 0 spiro atoms. The first kappa shape index (κ1) is 19.2. The lowest BCUT2D eigenvalue weighted by molar-refractivity contribution is 0.0180. The van der Waals surface area contributed by atoms with Crippen LogP contribution in [0.3, 0.4) is 0 Å². The van der Waals surface area contributed by atoms with E-state index in [9.17, 15) is 4.79 Å². The third-order valence-electron chi connectivity index (χ3n) is 6.13. The summed E-state index contributed by atoms with van der Waals surface area (Å²) < 4.78 is 10.8. The minimum Gasteiger partial charge on any atom is -0.453 e. The second-order valence-corrected chi connectivity index (χ2v) is 7.99. The quantitative estimate of drug-likeness (QED) is 0.766. The van der Waals surface area contributed by atoms with Crippen molar-refractivity contribution < 1.29 is 13.9 Å². The molecule has 0 N–H and O–H groups in total. The molecule has 2 aromatic rings. The summed E-state index contributed by atoms with van der Waals surface area (Å²) in [6, 6.07) is 14.7. The third kappa shape index (κ3) is 4.31. The largest absolute Gasteiger partial charge is 0.453 e. The molecule has 0 bridgehead atoms. The highest BCUT2D eigenvalue weighted by atomic mass is 16.5. The number of amides is 1.